The van der Waals surface area contributed by atoms with Crippen LogP contribution in [0.3, 0.4) is 0 Å². The van der Waals surface area contributed by atoms with E-state index in [1.807, 2.05) is 0 Å². The SMILES string of the molecule is Cc1cc(CC(N)=O)c(C(C)(C)CCO)c(OP(=O)(O)O)c1. The van der Waals surface area contributed by atoms with E-state index in [-0.39, 0.29) is 18.8 Å². The van der Waals surface area contributed by atoms with Crippen molar-refractivity contribution in [2.75, 3.05) is 6.61 Å². The highest BCUT2D eigenvalue weighted by Gasteiger charge is 2.30. The Hall–Kier alpha value is -1.40. The molecule has 1 rings (SSSR count). The van der Waals surface area contributed by atoms with E-state index in [1.54, 1.807) is 26.8 Å². The standard InChI is InChI=1S/C14H22NO6P/c1-9-6-10(8-12(15)17)13(14(2,3)4-5-16)11(7-9)21-22(18,19)20/h6-7,16H,4-5,8H2,1-3H3,(H2,15,17)(H2,18,19,20). The maximum atomic E-state index is 11.3. The van der Waals surface area contributed by atoms with Crippen LogP contribution < -0.4 is 10.3 Å². The number of nitrogens with two attached hydrogens (primary N) is 1. The van der Waals surface area contributed by atoms with Crippen molar-refractivity contribution in [3.05, 3.63) is 28.8 Å². The molecule has 0 aliphatic carbocycles. The summed E-state index contributed by atoms with van der Waals surface area (Å²) in [7, 11) is -4.76. The number of primary amides is 1. The van der Waals surface area contributed by atoms with Crippen molar-refractivity contribution >= 4 is 13.7 Å². The van der Waals surface area contributed by atoms with Gasteiger partial charge < -0.3 is 15.4 Å². The number of aliphatic hydroxyl groups excluding tert-OH is 1. The molecule has 0 saturated heterocycles. The molecule has 0 unspecified atom stereocenters. The number of benzene rings is 1. The Balaban J connectivity index is 3.56. The summed E-state index contributed by atoms with van der Waals surface area (Å²) in [6.45, 7) is 5.20. The average molecular weight is 331 g/mol. The van der Waals surface area contributed by atoms with Crippen molar-refractivity contribution < 1.29 is 28.8 Å². The molecular formula is C14H22NO6P. The molecule has 22 heavy (non-hydrogen) atoms. The zero-order valence-corrected chi connectivity index (χ0v) is 13.8. The van der Waals surface area contributed by atoms with Gasteiger partial charge in [-0.05, 0) is 36.0 Å². The number of hydrogen-bond acceptors (Lipinski definition) is 4. The van der Waals surface area contributed by atoms with Gasteiger partial charge in [-0.15, -0.1) is 0 Å². The number of carbonyl (C=O) groups excluding carboxylic acids is 1. The Kier molecular flexibility index (Phi) is 5.76. The lowest BCUT2D eigenvalue weighted by atomic mass is 9.77. The van der Waals surface area contributed by atoms with E-state index < -0.39 is 19.1 Å². The molecule has 0 atom stereocenters. The molecule has 0 bridgehead atoms. The molecule has 1 aromatic carbocycles. The van der Waals surface area contributed by atoms with Gasteiger partial charge in [0.2, 0.25) is 5.91 Å². The molecule has 0 spiro atoms. The molecule has 0 aliphatic heterocycles. The fourth-order valence-corrected chi connectivity index (χ4v) is 2.93. The Morgan fingerprint density at radius 3 is 2.41 bits per heavy atom. The smallest absolute Gasteiger partial charge is 0.404 e. The fourth-order valence-electron chi connectivity index (χ4n) is 2.53. The second kappa shape index (κ2) is 6.79. The zero-order chi connectivity index (χ0) is 17.1. The number of amides is 1. The van der Waals surface area contributed by atoms with Crippen LogP contribution in [0.4, 0.5) is 0 Å². The van der Waals surface area contributed by atoms with Gasteiger partial charge in [0, 0.05) is 12.2 Å². The molecule has 0 heterocycles. The number of rotatable bonds is 7. The van der Waals surface area contributed by atoms with Gasteiger partial charge in [-0.1, -0.05) is 19.9 Å². The highest BCUT2D eigenvalue weighted by molar-refractivity contribution is 7.46. The van der Waals surface area contributed by atoms with Crippen LogP contribution in [0.2, 0.25) is 0 Å². The van der Waals surface area contributed by atoms with Gasteiger partial charge >= 0.3 is 7.82 Å². The number of aliphatic hydroxyl groups is 1. The summed E-state index contributed by atoms with van der Waals surface area (Å²) in [6.07, 6.45) is 0.253. The Morgan fingerprint density at radius 2 is 1.95 bits per heavy atom. The van der Waals surface area contributed by atoms with E-state index >= 15 is 0 Å². The highest BCUT2D eigenvalue weighted by Crippen LogP contribution is 2.45. The van der Waals surface area contributed by atoms with Gasteiger partial charge in [-0.3, -0.25) is 14.6 Å². The number of hydrogen-bond donors (Lipinski definition) is 4. The molecule has 0 radical (unpaired) electrons. The number of phosphoric acid groups is 1. The lowest BCUT2D eigenvalue weighted by molar-refractivity contribution is -0.117. The first kappa shape index (κ1) is 18.6. The summed E-state index contributed by atoms with van der Waals surface area (Å²) < 4.78 is 16.0. The number of aryl methyl sites for hydroxylation is 1. The summed E-state index contributed by atoms with van der Waals surface area (Å²) >= 11 is 0. The molecule has 8 heteroatoms. The van der Waals surface area contributed by atoms with Crippen molar-refractivity contribution in [2.24, 2.45) is 5.73 Å². The topological polar surface area (TPSA) is 130 Å². The first-order chi connectivity index (χ1) is 9.96. The van der Waals surface area contributed by atoms with Crippen molar-refractivity contribution in [2.45, 2.75) is 39.0 Å². The summed E-state index contributed by atoms with van der Waals surface area (Å²) in [5.41, 5.74) is 6.29. The van der Waals surface area contributed by atoms with Crippen molar-refractivity contribution in [3.63, 3.8) is 0 Å². The van der Waals surface area contributed by atoms with Gasteiger partial charge in [0.05, 0.1) is 6.42 Å². The average Bonchev–Trinajstić information content (AvgIpc) is 2.23. The van der Waals surface area contributed by atoms with Gasteiger partial charge in [0.25, 0.3) is 0 Å². The van der Waals surface area contributed by atoms with Crippen LogP contribution in [0.25, 0.3) is 0 Å². The van der Waals surface area contributed by atoms with Gasteiger partial charge in [0.15, 0.2) is 0 Å². The van der Waals surface area contributed by atoms with Crippen LogP contribution >= 0.6 is 7.82 Å². The molecule has 0 fully saturated rings. The highest BCUT2D eigenvalue weighted by atomic mass is 31.2. The second-order valence-electron chi connectivity index (χ2n) is 5.88. The molecule has 1 aromatic rings. The van der Waals surface area contributed by atoms with E-state index in [0.717, 1.165) is 0 Å². The lowest BCUT2D eigenvalue weighted by Crippen LogP contribution is -2.24. The molecule has 1 amide bonds. The molecule has 0 aromatic heterocycles. The first-order valence-electron chi connectivity index (χ1n) is 6.74. The molecule has 5 N–H and O–H groups in total. The van der Waals surface area contributed by atoms with Gasteiger partial charge in [-0.25, -0.2) is 4.57 Å². The third-order valence-corrected chi connectivity index (χ3v) is 3.76. The van der Waals surface area contributed by atoms with E-state index in [4.69, 9.17) is 20.0 Å². The van der Waals surface area contributed by atoms with E-state index in [9.17, 15) is 14.5 Å². The lowest BCUT2D eigenvalue weighted by Gasteiger charge is -2.29. The van der Waals surface area contributed by atoms with Crippen LogP contribution in [-0.4, -0.2) is 27.4 Å². The molecule has 124 valence electrons. The second-order valence-corrected chi connectivity index (χ2v) is 7.04. The third-order valence-electron chi connectivity index (χ3n) is 3.32. The molecule has 0 aliphatic rings. The minimum absolute atomic E-state index is 0.00281. The van der Waals surface area contributed by atoms with Crippen molar-refractivity contribution in [1.29, 1.82) is 0 Å². The minimum atomic E-state index is -4.76. The van der Waals surface area contributed by atoms with Crippen LogP contribution in [0.5, 0.6) is 5.75 Å². The maximum absolute atomic E-state index is 11.3. The summed E-state index contributed by atoms with van der Waals surface area (Å²) in [5, 5.41) is 9.23. The van der Waals surface area contributed by atoms with Crippen LogP contribution in [0, 0.1) is 6.92 Å². The van der Waals surface area contributed by atoms with E-state index in [0.29, 0.717) is 23.1 Å². The predicted octanol–water partition coefficient (Wildman–Crippen LogP) is 1.15. The molecular weight excluding hydrogens is 309 g/mol. The van der Waals surface area contributed by atoms with Crippen LogP contribution in [0.1, 0.15) is 37.0 Å². The fraction of sp³-hybridized carbons (Fsp3) is 0.500. The largest absolute Gasteiger partial charge is 0.524 e. The van der Waals surface area contributed by atoms with Crippen LogP contribution in [-0.2, 0) is 21.2 Å². The summed E-state index contributed by atoms with van der Waals surface area (Å²) in [6, 6.07) is 3.23. The molecule has 0 saturated carbocycles. The normalized spacial score (nSPS) is 12.3. The maximum Gasteiger partial charge on any atom is 0.524 e. The Morgan fingerprint density at radius 1 is 1.36 bits per heavy atom. The van der Waals surface area contributed by atoms with Crippen molar-refractivity contribution in [3.8, 4) is 5.75 Å². The third kappa shape index (κ3) is 5.10. The summed E-state index contributed by atoms with van der Waals surface area (Å²) in [4.78, 5) is 29.5. The van der Waals surface area contributed by atoms with Gasteiger partial charge in [-0.2, -0.15) is 0 Å². The predicted molar refractivity (Wildman–Crippen MR) is 81.5 cm³/mol. The Labute approximate surface area is 129 Å². The number of carbonyl (C=O) groups is 1. The molecule has 7 nitrogen and oxygen atoms in total. The Bertz CT molecular complexity index is 608. The van der Waals surface area contributed by atoms with E-state index in [1.165, 1.54) is 6.07 Å². The van der Waals surface area contributed by atoms with Crippen LogP contribution in [0.15, 0.2) is 12.1 Å². The van der Waals surface area contributed by atoms with E-state index in [2.05, 4.69) is 0 Å². The number of phosphoric ester groups is 1. The first-order valence-corrected chi connectivity index (χ1v) is 8.27. The van der Waals surface area contributed by atoms with Gasteiger partial charge in [0.1, 0.15) is 5.75 Å². The monoisotopic (exact) mass is 331 g/mol. The summed E-state index contributed by atoms with van der Waals surface area (Å²) in [5.74, 6) is -0.559. The zero-order valence-electron chi connectivity index (χ0n) is 12.9. The quantitative estimate of drug-likeness (QED) is 0.555. The van der Waals surface area contributed by atoms with Crippen molar-refractivity contribution in [1.82, 2.24) is 0 Å². The minimum Gasteiger partial charge on any atom is -0.404 e.